The zero-order chi connectivity index (χ0) is 11.9. The smallest absolute Gasteiger partial charge is 0.155 e. The van der Waals surface area contributed by atoms with Gasteiger partial charge in [-0.15, -0.1) is 0 Å². The summed E-state index contributed by atoms with van der Waals surface area (Å²) in [5.41, 5.74) is 2.93. The Labute approximate surface area is 98.6 Å². The molecule has 3 atom stereocenters. The lowest BCUT2D eigenvalue weighted by atomic mass is 9.58. The molecular weight excluding hydrogens is 196 g/mol. The zero-order valence-corrected chi connectivity index (χ0v) is 10.7. The number of carbonyl (C=O) groups is 1. The summed E-state index contributed by atoms with van der Waals surface area (Å²) in [7, 11) is 0. The summed E-state index contributed by atoms with van der Waals surface area (Å²) in [6.45, 7) is 10.7. The fraction of sp³-hybridized carbons (Fsp3) is 0.667. The van der Waals surface area contributed by atoms with Gasteiger partial charge in [-0.05, 0) is 49.5 Å². The number of ketones is 1. The van der Waals surface area contributed by atoms with E-state index in [9.17, 15) is 4.79 Å². The summed E-state index contributed by atoms with van der Waals surface area (Å²) >= 11 is 0. The van der Waals surface area contributed by atoms with Crippen molar-refractivity contribution in [2.45, 2.75) is 46.5 Å². The SMILES string of the molecule is C=C(C)C1CCC2(C)C(=CC(=O)CC2C)C1. The number of hydrogen-bond acceptors (Lipinski definition) is 1. The Morgan fingerprint density at radius 1 is 1.50 bits per heavy atom. The Kier molecular flexibility index (Phi) is 2.81. The van der Waals surface area contributed by atoms with Crippen LogP contribution in [0.5, 0.6) is 0 Å². The van der Waals surface area contributed by atoms with Gasteiger partial charge in [0.15, 0.2) is 5.78 Å². The van der Waals surface area contributed by atoms with E-state index in [2.05, 4.69) is 27.4 Å². The fourth-order valence-corrected chi connectivity index (χ4v) is 3.22. The maximum atomic E-state index is 11.6. The topological polar surface area (TPSA) is 17.1 Å². The van der Waals surface area contributed by atoms with Crippen molar-refractivity contribution in [2.24, 2.45) is 17.3 Å². The molecule has 88 valence electrons. The van der Waals surface area contributed by atoms with E-state index in [1.807, 2.05) is 6.08 Å². The molecule has 0 N–H and O–H groups in total. The van der Waals surface area contributed by atoms with Crippen molar-refractivity contribution in [3.63, 3.8) is 0 Å². The monoisotopic (exact) mass is 218 g/mol. The van der Waals surface area contributed by atoms with E-state index in [0.29, 0.717) is 17.6 Å². The predicted octanol–water partition coefficient (Wildman–Crippen LogP) is 3.90. The van der Waals surface area contributed by atoms with Crippen LogP contribution in [0, 0.1) is 17.3 Å². The largest absolute Gasteiger partial charge is 0.295 e. The summed E-state index contributed by atoms with van der Waals surface area (Å²) < 4.78 is 0. The van der Waals surface area contributed by atoms with Crippen LogP contribution in [-0.2, 0) is 4.79 Å². The average molecular weight is 218 g/mol. The van der Waals surface area contributed by atoms with Gasteiger partial charge in [0.05, 0.1) is 0 Å². The van der Waals surface area contributed by atoms with Crippen LogP contribution in [-0.4, -0.2) is 5.78 Å². The molecule has 0 aliphatic heterocycles. The standard InChI is InChI=1S/C15H22O/c1-10(2)12-5-6-15(4)11(3)7-14(16)9-13(15)8-12/h9,11-12H,1,5-8H2,2-4H3. The highest BCUT2D eigenvalue weighted by Crippen LogP contribution is 2.52. The highest BCUT2D eigenvalue weighted by Gasteiger charge is 2.42. The van der Waals surface area contributed by atoms with Crippen molar-refractivity contribution >= 4 is 5.78 Å². The summed E-state index contributed by atoms with van der Waals surface area (Å²) in [5, 5.41) is 0. The van der Waals surface area contributed by atoms with E-state index in [1.165, 1.54) is 24.0 Å². The molecule has 0 aromatic heterocycles. The Bertz CT molecular complexity index is 364. The minimum atomic E-state index is 0.278. The molecule has 2 aliphatic carbocycles. The van der Waals surface area contributed by atoms with Crippen LogP contribution >= 0.6 is 0 Å². The predicted molar refractivity (Wildman–Crippen MR) is 67.1 cm³/mol. The van der Waals surface area contributed by atoms with E-state index in [4.69, 9.17) is 0 Å². The lowest BCUT2D eigenvalue weighted by Gasteiger charge is -2.46. The third-order valence-electron chi connectivity index (χ3n) is 4.84. The molecule has 2 rings (SSSR count). The van der Waals surface area contributed by atoms with Gasteiger partial charge in [-0.3, -0.25) is 4.79 Å². The fourth-order valence-electron chi connectivity index (χ4n) is 3.22. The van der Waals surface area contributed by atoms with Gasteiger partial charge in [0, 0.05) is 6.42 Å². The van der Waals surface area contributed by atoms with Gasteiger partial charge >= 0.3 is 0 Å². The van der Waals surface area contributed by atoms with E-state index in [-0.39, 0.29) is 5.41 Å². The van der Waals surface area contributed by atoms with E-state index in [1.54, 1.807) is 0 Å². The quantitative estimate of drug-likeness (QED) is 0.610. The van der Waals surface area contributed by atoms with Crippen LogP contribution in [0.1, 0.15) is 46.5 Å². The lowest BCUT2D eigenvalue weighted by molar-refractivity contribution is -0.117. The van der Waals surface area contributed by atoms with Crippen LogP contribution in [0.15, 0.2) is 23.8 Å². The van der Waals surface area contributed by atoms with Crippen molar-refractivity contribution < 1.29 is 4.79 Å². The van der Waals surface area contributed by atoms with Crippen LogP contribution in [0.2, 0.25) is 0 Å². The maximum Gasteiger partial charge on any atom is 0.155 e. The van der Waals surface area contributed by atoms with Gasteiger partial charge in [-0.2, -0.15) is 0 Å². The first kappa shape index (κ1) is 11.6. The minimum absolute atomic E-state index is 0.278. The van der Waals surface area contributed by atoms with Crippen molar-refractivity contribution in [1.29, 1.82) is 0 Å². The summed E-state index contributed by atoms with van der Waals surface area (Å²) in [6, 6.07) is 0. The molecule has 0 heterocycles. The van der Waals surface area contributed by atoms with Crippen LogP contribution in [0.3, 0.4) is 0 Å². The van der Waals surface area contributed by atoms with Gasteiger partial charge < -0.3 is 0 Å². The summed E-state index contributed by atoms with van der Waals surface area (Å²) in [6.07, 6.45) is 6.17. The summed E-state index contributed by atoms with van der Waals surface area (Å²) in [5.74, 6) is 1.42. The van der Waals surface area contributed by atoms with Crippen molar-refractivity contribution in [3.05, 3.63) is 23.8 Å². The first-order chi connectivity index (χ1) is 7.43. The molecule has 1 nitrogen and oxygen atoms in total. The van der Waals surface area contributed by atoms with Crippen molar-refractivity contribution in [2.75, 3.05) is 0 Å². The first-order valence-corrected chi connectivity index (χ1v) is 6.33. The number of fused-ring (bicyclic) bond motifs is 1. The third-order valence-corrected chi connectivity index (χ3v) is 4.84. The third kappa shape index (κ3) is 1.77. The van der Waals surface area contributed by atoms with E-state index < -0.39 is 0 Å². The van der Waals surface area contributed by atoms with Crippen LogP contribution < -0.4 is 0 Å². The number of allylic oxidation sites excluding steroid dienone is 3. The maximum absolute atomic E-state index is 11.6. The molecule has 0 aromatic carbocycles. The number of carbonyl (C=O) groups excluding carboxylic acids is 1. The molecule has 0 amide bonds. The molecule has 0 radical (unpaired) electrons. The molecule has 1 fully saturated rings. The Balaban J connectivity index is 2.29. The second-order valence-corrected chi connectivity index (χ2v) is 5.94. The van der Waals surface area contributed by atoms with E-state index >= 15 is 0 Å². The summed E-state index contributed by atoms with van der Waals surface area (Å²) in [4.78, 5) is 11.6. The van der Waals surface area contributed by atoms with Crippen molar-refractivity contribution in [3.8, 4) is 0 Å². The molecule has 0 bridgehead atoms. The van der Waals surface area contributed by atoms with E-state index in [0.717, 1.165) is 12.8 Å². The molecule has 3 unspecified atom stereocenters. The molecule has 0 aromatic rings. The molecule has 2 aliphatic rings. The van der Waals surface area contributed by atoms with Gasteiger partial charge in [0.1, 0.15) is 0 Å². The Morgan fingerprint density at radius 2 is 2.19 bits per heavy atom. The highest BCUT2D eigenvalue weighted by molar-refractivity contribution is 5.92. The van der Waals surface area contributed by atoms with Crippen molar-refractivity contribution in [1.82, 2.24) is 0 Å². The van der Waals surface area contributed by atoms with Gasteiger partial charge in [0.25, 0.3) is 0 Å². The number of rotatable bonds is 1. The van der Waals surface area contributed by atoms with Crippen LogP contribution in [0.25, 0.3) is 0 Å². The van der Waals surface area contributed by atoms with Gasteiger partial charge in [-0.25, -0.2) is 0 Å². The molecule has 1 saturated carbocycles. The lowest BCUT2D eigenvalue weighted by Crippen LogP contribution is -2.37. The highest BCUT2D eigenvalue weighted by atomic mass is 16.1. The molecule has 16 heavy (non-hydrogen) atoms. The molecule has 0 spiro atoms. The van der Waals surface area contributed by atoms with Crippen LogP contribution in [0.4, 0.5) is 0 Å². The van der Waals surface area contributed by atoms with Gasteiger partial charge in [-0.1, -0.05) is 31.6 Å². The molecular formula is C15H22O. The first-order valence-electron chi connectivity index (χ1n) is 6.33. The van der Waals surface area contributed by atoms with Gasteiger partial charge in [0.2, 0.25) is 0 Å². The zero-order valence-electron chi connectivity index (χ0n) is 10.7. The Hall–Kier alpha value is -0.850. The Morgan fingerprint density at radius 3 is 2.81 bits per heavy atom. The molecule has 1 heteroatoms. The number of hydrogen-bond donors (Lipinski definition) is 0. The normalized spacial score (nSPS) is 38.9. The minimum Gasteiger partial charge on any atom is -0.295 e. The average Bonchev–Trinajstić information content (AvgIpc) is 2.19. The second kappa shape index (κ2) is 3.87. The molecule has 0 saturated heterocycles. The second-order valence-electron chi connectivity index (χ2n) is 5.94.